The highest BCUT2D eigenvalue weighted by Gasteiger charge is 2.35. The zero-order valence-corrected chi connectivity index (χ0v) is 12.6. The summed E-state index contributed by atoms with van der Waals surface area (Å²) in [6.45, 7) is 1.82. The Kier molecular flexibility index (Phi) is 4.30. The highest BCUT2D eigenvalue weighted by molar-refractivity contribution is 7.89. The van der Waals surface area contributed by atoms with Crippen LogP contribution in [0.1, 0.15) is 31.9 Å². The SMILES string of the molecule is CC(C1CCC1)N(C)S(=O)(=O)c1ccc(C(F)(F)F)nc1. The van der Waals surface area contributed by atoms with E-state index in [-0.39, 0.29) is 10.9 Å². The molecule has 118 valence electrons. The van der Waals surface area contributed by atoms with Gasteiger partial charge in [0.25, 0.3) is 0 Å². The molecule has 1 aromatic rings. The second-order valence-corrected chi connectivity index (χ2v) is 7.33. The van der Waals surface area contributed by atoms with Gasteiger partial charge in [-0.15, -0.1) is 0 Å². The quantitative estimate of drug-likeness (QED) is 0.856. The van der Waals surface area contributed by atoms with E-state index in [1.165, 1.54) is 11.4 Å². The molecule has 0 bridgehead atoms. The molecular formula is C13H17F3N2O2S. The van der Waals surface area contributed by atoms with E-state index in [0.29, 0.717) is 12.0 Å². The largest absolute Gasteiger partial charge is 0.433 e. The maximum Gasteiger partial charge on any atom is 0.433 e. The van der Waals surface area contributed by atoms with Crippen LogP contribution in [-0.4, -0.2) is 30.8 Å². The zero-order valence-electron chi connectivity index (χ0n) is 11.8. The molecule has 4 nitrogen and oxygen atoms in total. The van der Waals surface area contributed by atoms with E-state index in [1.54, 1.807) is 0 Å². The number of nitrogens with zero attached hydrogens (tertiary/aromatic N) is 2. The number of alkyl halides is 3. The summed E-state index contributed by atoms with van der Waals surface area (Å²) >= 11 is 0. The van der Waals surface area contributed by atoms with Crippen molar-refractivity contribution >= 4 is 10.0 Å². The van der Waals surface area contributed by atoms with Gasteiger partial charge in [0.05, 0.1) is 0 Å². The number of rotatable bonds is 4. The Hall–Kier alpha value is -1.15. The standard InChI is InChI=1S/C13H17F3N2O2S/c1-9(10-4-3-5-10)18(2)21(19,20)11-6-7-12(17-8-11)13(14,15)16/h6-10H,3-5H2,1-2H3. The molecule has 0 saturated heterocycles. The second-order valence-electron chi connectivity index (χ2n) is 5.33. The molecule has 0 spiro atoms. The van der Waals surface area contributed by atoms with Gasteiger partial charge in [-0.05, 0) is 37.8 Å². The Morgan fingerprint density at radius 3 is 2.33 bits per heavy atom. The normalized spacial score (nSPS) is 18.6. The van der Waals surface area contributed by atoms with Gasteiger partial charge in [-0.2, -0.15) is 17.5 Å². The van der Waals surface area contributed by atoms with Crippen molar-refractivity contribution in [2.45, 2.75) is 43.3 Å². The van der Waals surface area contributed by atoms with Gasteiger partial charge >= 0.3 is 6.18 Å². The van der Waals surface area contributed by atoms with Crippen LogP contribution in [0.2, 0.25) is 0 Å². The van der Waals surface area contributed by atoms with Crippen molar-refractivity contribution in [3.63, 3.8) is 0 Å². The number of aromatic nitrogens is 1. The fourth-order valence-corrected chi connectivity index (χ4v) is 3.67. The third-order valence-corrected chi connectivity index (χ3v) is 6.04. The monoisotopic (exact) mass is 322 g/mol. The summed E-state index contributed by atoms with van der Waals surface area (Å²) < 4.78 is 63.3. The molecule has 1 aliphatic carbocycles. The first-order chi connectivity index (χ1) is 9.64. The fourth-order valence-electron chi connectivity index (χ4n) is 2.30. The molecule has 0 radical (unpaired) electrons. The lowest BCUT2D eigenvalue weighted by Crippen LogP contribution is -2.42. The van der Waals surface area contributed by atoms with Crippen molar-refractivity contribution in [2.24, 2.45) is 5.92 Å². The van der Waals surface area contributed by atoms with Gasteiger partial charge in [-0.1, -0.05) is 6.42 Å². The Morgan fingerprint density at radius 1 is 1.33 bits per heavy atom. The van der Waals surface area contributed by atoms with Crippen LogP contribution in [-0.2, 0) is 16.2 Å². The van der Waals surface area contributed by atoms with Crippen LogP contribution < -0.4 is 0 Å². The summed E-state index contributed by atoms with van der Waals surface area (Å²) in [7, 11) is -2.36. The summed E-state index contributed by atoms with van der Waals surface area (Å²) in [5.41, 5.74) is -1.10. The van der Waals surface area contributed by atoms with Crippen molar-refractivity contribution in [2.75, 3.05) is 7.05 Å². The van der Waals surface area contributed by atoms with Gasteiger partial charge in [-0.25, -0.2) is 8.42 Å². The summed E-state index contributed by atoms with van der Waals surface area (Å²) in [4.78, 5) is 2.99. The van der Waals surface area contributed by atoms with Crippen molar-refractivity contribution < 1.29 is 21.6 Å². The summed E-state index contributed by atoms with van der Waals surface area (Å²) in [5.74, 6) is 0.312. The molecule has 0 N–H and O–H groups in total. The van der Waals surface area contributed by atoms with E-state index in [2.05, 4.69) is 4.98 Å². The van der Waals surface area contributed by atoms with Crippen molar-refractivity contribution in [1.82, 2.24) is 9.29 Å². The molecule has 1 saturated carbocycles. The van der Waals surface area contributed by atoms with E-state index in [9.17, 15) is 21.6 Å². The Labute approximate surface area is 122 Å². The van der Waals surface area contributed by atoms with Crippen LogP contribution >= 0.6 is 0 Å². The van der Waals surface area contributed by atoms with Crippen LogP contribution in [0.25, 0.3) is 0 Å². The van der Waals surface area contributed by atoms with Crippen LogP contribution in [0, 0.1) is 5.92 Å². The van der Waals surface area contributed by atoms with Gasteiger partial charge in [-0.3, -0.25) is 4.98 Å². The predicted octanol–water partition coefficient (Wildman–Crippen LogP) is 2.91. The molecule has 1 unspecified atom stereocenters. The number of halogens is 3. The van der Waals surface area contributed by atoms with Crippen LogP contribution in [0.3, 0.4) is 0 Å². The van der Waals surface area contributed by atoms with Gasteiger partial charge < -0.3 is 0 Å². The Balaban J connectivity index is 2.22. The predicted molar refractivity (Wildman–Crippen MR) is 71.0 cm³/mol. The molecule has 1 atom stereocenters. The highest BCUT2D eigenvalue weighted by atomic mass is 32.2. The molecule has 1 aromatic heterocycles. The maximum atomic E-state index is 12.4. The summed E-state index contributed by atoms with van der Waals surface area (Å²) in [6, 6.07) is 1.47. The number of hydrogen-bond donors (Lipinski definition) is 0. The fraction of sp³-hybridized carbons (Fsp3) is 0.615. The maximum absolute atomic E-state index is 12.4. The van der Waals surface area contributed by atoms with Crippen LogP contribution in [0.4, 0.5) is 13.2 Å². The second kappa shape index (κ2) is 5.57. The van der Waals surface area contributed by atoms with E-state index in [4.69, 9.17) is 0 Å². The molecule has 21 heavy (non-hydrogen) atoms. The third kappa shape index (κ3) is 3.21. The molecule has 0 amide bonds. The number of sulfonamides is 1. The first kappa shape index (κ1) is 16.2. The minimum Gasteiger partial charge on any atom is -0.250 e. The first-order valence-electron chi connectivity index (χ1n) is 6.65. The zero-order chi connectivity index (χ0) is 15.8. The van der Waals surface area contributed by atoms with Crippen LogP contribution in [0.15, 0.2) is 23.2 Å². The van der Waals surface area contributed by atoms with Gasteiger partial charge in [0.15, 0.2) is 0 Å². The molecule has 0 aliphatic heterocycles. The van der Waals surface area contributed by atoms with Gasteiger partial charge in [0.1, 0.15) is 10.6 Å². The number of pyridine rings is 1. The Bertz CT molecular complexity index is 595. The molecule has 1 aliphatic rings. The van der Waals surface area contributed by atoms with Crippen LogP contribution in [0.5, 0.6) is 0 Å². The van der Waals surface area contributed by atoms with Gasteiger partial charge in [0, 0.05) is 19.3 Å². The molecule has 8 heteroatoms. The third-order valence-electron chi connectivity index (χ3n) is 4.11. The van der Waals surface area contributed by atoms with Gasteiger partial charge in [0.2, 0.25) is 10.0 Å². The topological polar surface area (TPSA) is 50.3 Å². The minimum atomic E-state index is -4.58. The Morgan fingerprint density at radius 2 is 1.95 bits per heavy atom. The van der Waals surface area contributed by atoms with E-state index in [1.807, 2.05) is 6.92 Å². The van der Waals surface area contributed by atoms with Crippen molar-refractivity contribution in [1.29, 1.82) is 0 Å². The van der Waals surface area contributed by atoms with Crippen molar-refractivity contribution in [3.05, 3.63) is 24.0 Å². The molecular weight excluding hydrogens is 305 g/mol. The average molecular weight is 322 g/mol. The first-order valence-corrected chi connectivity index (χ1v) is 8.09. The van der Waals surface area contributed by atoms with E-state index < -0.39 is 21.9 Å². The van der Waals surface area contributed by atoms with E-state index in [0.717, 1.165) is 31.5 Å². The number of hydrogen-bond acceptors (Lipinski definition) is 3. The molecule has 2 rings (SSSR count). The summed E-state index contributed by atoms with van der Waals surface area (Å²) in [6.07, 6.45) is -0.765. The lowest BCUT2D eigenvalue weighted by Gasteiger charge is -2.36. The molecule has 0 aromatic carbocycles. The average Bonchev–Trinajstić information content (AvgIpc) is 2.34. The summed E-state index contributed by atoms with van der Waals surface area (Å²) in [5, 5.41) is 0. The smallest absolute Gasteiger partial charge is 0.250 e. The molecule has 1 fully saturated rings. The van der Waals surface area contributed by atoms with Crippen molar-refractivity contribution in [3.8, 4) is 0 Å². The lowest BCUT2D eigenvalue weighted by atomic mass is 9.80. The van der Waals surface area contributed by atoms with E-state index >= 15 is 0 Å². The lowest BCUT2D eigenvalue weighted by molar-refractivity contribution is -0.141. The highest BCUT2D eigenvalue weighted by Crippen LogP contribution is 2.34. The minimum absolute atomic E-state index is 0.175. The molecule has 1 heterocycles.